The van der Waals surface area contributed by atoms with Crippen molar-refractivity contribution in [3.63, 3.8) is 0 Å². The Kier molecular flexibility index (Phi) is 9.77. The number of carbonyl (C=O) groups is 3. The highest BCUT2D eigenvalue weighted by Crippen LogP contribution is 2.31. The molecule has 36 heavy (non-hydrogen) atoms. The van der Waals surface area contributed by atoms with Crippen LogP contribution in [0.3, 0.4) is 0 Å². The molecule has 1 heterocycles. The van der Waals surface area contributed by atoms with Crippen molar-refractivity contribution in [1.82, 2.24) is 15.3 Å². The van der Waals surface area contributed by atoms with Crippen LogP contribution in [0.1, 0.15) is 71.3 Å². The Hall–Kier alpha value is -2.61. The van der Waals surface area contributed by atoms with Crippen molar-refractivity contribution in [2.75, 3.05) is 25.0 Å². The summed E-state index contributed by atoms with van der Waals surface area (Å²) >= 11 is 0. The normalized spacial score (nSPS) is 19.0. The summed E-state index contributed by atoms with van der Waals surface area (Å²) < 4.78 is 0. The Morgan fingerprint density at radius 3 is 2.28 bits per heavy atom. The first-order valence-corrected chi connectivity index (χ1v) is 13.4. The van der Waals surface area contributed by atoms with Crippen LogP contribution in [0.2, 0.25) is 0 Å². The van der Waals surface area contributed by atoms with Gasteiger partial charge in [-0.2, -0.15) is 0 Å². The summed E-state index contributed by atoms with van der Waals surface area (Å²) in [6.45, 7) is 9.13. The summed E-state index contributed by atoms with van der Waals surface area (Å²) in [5.74, 6) is -0.484. The SMILES string of the molecule is Cc1ccc(NC2CCN(C(=O)[C@H](NC(=O)[C@@H](CC3CCCC3)CN(O)C=O)C(C)(C)C)CC2)cc1. The molecule has 200 valence electrons. The maximum absolute atomic E-state index is 13.6. The quantitative estimate of drug-likeness (QED) is 0.256. The number of anilines is 1. The Balaban J connectivity index is 1.61. The van der Waals surface area contributed by atoms with Gasteiger partial charge in [0, 0.05) is 24.8 Å². The molecule has 3 amide bonds. The Bertz CT molecular complexity index is 869. The molecule has 3 rings (SSSR count). The number of nitrogens with zero attached hydrogens (tertiary/aromatic N) is 2. The molecule has 1 aromatic rings. The number of carbonyl (C=O) groups excluding carboxylic acids is 3. The van der Waals surface area contributed by atoms with Crippen molar-refractivity contribution in [3.05, 3.63) is 29.8 Å². The van der Waals surface area contributed by atoms with Crippen LogP contribution in [0.15, 0.2) is 24.3 Å². The lowest BCUT2D eigenvalue weighted by molar-refractivity contribution is -0.156. The minimum atomic E-state index is -0.680. The predicted octanol–water partition coefficient (Wildman–Crippen LogP) is 3.97. The molecule has 1 saturated heterocycles. The first kappa shape index (κ1) is 28.0. The molecular weight excluding hydrogens is 456 g/mol. The number of hydrogen-bond acceptors (Lipinski definition) is 5. The molecule has 2 atom stereocenters. The standard InChI is InChI=1S/C28H44N4O4/c1-20-9-11-23(12-10-20)29-24-13-15-31(16-14-24)27(35)25(28(2,3)4)30-26(34)22(18-32(36)19-33)17-21-7-5-6-8-21/h9-12,19,21-22,24-25,29,36H,5-8,13-18H2,1-4H3,(H,30,34)/t22-,25-/m0/s1. The lowest BCUT2D eigenvalue weighted by Crippen LogP contribution is -2.58. The molecule has 0 spiro atoms. The second-order valence-electron chi connectivity index (χ2n) is 11.7. The van der Waals surface area contributed by atoms with E-state index in [0.29, 0.717) is 42.9 Å². The van der Waals surface area contributed by atoms with Gasteiger partial charge in [-0.15, -0.1) is 0 Å². The predicted molar refractivity (Wildman–Crippen MR) is 140 cm³/mol. The molecule has 1 aliphatic carbocycles. The first-order valence-electron chi connectivity index (χ1n) is 13.4. The van der Waals surface area contributed by atoms with Crippen molar-refractivity contribution in [2.24, 2.45) is 17.3 Å². The number of benzene rings is 1. The molecule has 1 saturated carbocycles. The summed E-state index contributed by atoms with van der Waals surface area (Å²) in [6.07, 6.45) is 7.03. The van der Waals surface area contributed by atoms with E-state index < -0.39 is 17.4 Å². The minimum Gasteiger partial charge on any atom is -0.382 e. The molecule has 8 heteroatoms. The van der Waals surface area contributed by atoms with E-state index >= 15 is 0 Å². The van der Waals surface area contributed by atoms with E-state index in [2.05, 4.69) is 41.8 Å². The molecule has 3 N–H and O–H groups in total. The van der Waals surface area contributed by atoms with Crippen LogP contribution >= 0.6 is 0 Å². The van der Waals surface area contributed by atoms with Gasteiger partial charge in [0.2, 0.25) is 18.2 Å². The first-order chi connectivity index (χ1) is 17.1. The average molecular weight is 501 g/mol. The highest BCUT2D eigenvalue weighted by atomic mass is 16.5. The van der Waals surface area contributed by atoms with Crippen molar-refractivity contribution < 1.29 is 19.6 Å². The summed E-state index contributed by atoms with van der Waals surface area (Å²) in [5, 5.41) is 16.9. The fourth-order valence-corrected chi connectivity index (χ4v) is 5.40. The largest absolute Gasteiger partial charge is 0.382 e. The van der Waals surface area contributed by atoms with Gasteiger partial charge in [0.05, 0.1) is 12.5 Å². The van der Waals surface area contributed by atoms with Gasteiger partial charge in [0.1, 0.15) is 6.04 Å². The lowest BCUT2D eigenvalue weighted by Gasteiger charge is -2.39. The van der Waals surface area contributed by atoms with Crippen molar-refractivity contribution in [2.45, 2.75) is 84.7 Å². The smallest absolute Gasteiger partial charge is 0.245 e. The highest BCUT2D eigenvalue weighted by Gasteiger charge is 2.38. The number of amides is 3. The zero-order chi connectivity index (χ0) is 26.3. The highest BCUT2D eigenvalue weighted by molar-refractivity contribution is 5.89. The fourth-order valence-electron chi connectivity index (χ4n) is 5.40. The van der Waals surface area contributed by atoms with Crippen LogP contribution < -0.4 is 10.6 Å². The number of hydrogen-bond donors (Lipinski definition) is 3. The van der Waals surface area contributed by atoms with Gasteiger partial charge in [-0.25, -0.2) is 5.06 Å². The molecule has 1 aliphatic heterocycles. The van der Waals surface area contributed by atoms with Crippen molar-refractivity contribution in [1.29, 1.82) is 0 Å². The van der Waals surface area contributed by atoms with E-state index in [1.165, 1.54) is 5.56 Å². The van der Waals surface area contributed by atoms with Gasteiger partial charge in [-0.3, -0.25) is 19.6 Å². The number of nitrogens with one attached hydrogen (secondary N) is 2. The fraction of sp³-hybridized carbons (Fsp3) is 0.679. The number of rotatable bonds is 10. The maximum atomic E-state index is 13.6. The van der Waals surface area contributed by atoms with E-state index in [1.807, 2.05) is 25.7 Å². The Morgan fingerprint density at radius 2 is 1.72 bits per heavy atom. The van der Waals surface area contributed by atoms with Gasteiger partial charge in [0.25, 0.3) is 0 Å². The van der Waals surface area contributed by atoms with Gasteiger partial charge >= 0.3 is 0 Å². The number of aryl methyl sites for hydroxylation is 1. The third kappa shape index (κ3) is 7.95. The molecule has 0 radical (unpaired) electrons. The minimum absolute atomic E-state index is 0.0625. The summed E-state index contributed by atoms with van der Waals surface area (Å²) in [5.41, 5.74) is 1.83. The topological polar surface area (TPSA) is 102 Å². The average Bonchev–Trinajstić information content (AvgIpc) is 3.36. The lowest BCUT2D eigenvalue weighted by atomic mass is 9.84. The third-order valence-electron chi connectivity index (χ3n) is 7.62. The van der Waals surface area contributed by atoms with Crippen molar-refractivity contribution in [3.8, 4) is 0 Å². The van der Waals surface area contributed by atoms with Crippen LogP contribution in [0.25, 0.3) is 0 Å². The van der Waals surface area contributed by atoms with E-state index in [1.54, 1.807) is 0 Å². The molecule has 1 aromatic carbocycles. The Morgan fingerprint density at radius 1 is 1.11 bits per heavy atom. The van der Waals surface area contributed by atoms with E-state index in [-0.39, 0.29) is 18.4 Å². The van der Waals surface area contributed by atoms with Crippen LogP contribution in [-0.4, -0.2) is 65.1 Å². The second kappa shape index (κ2) is 12.6. The molecule has 2 aliphatic rings. The summed E-state index contributed by atoms with van der Waals surface area (Å²) in [6, 6.07) is 7.96. The van der Waals surface area contributed by atoms with Crippen LogP contribution in [0, 0.1) is 24.2 Å². The van der Waals surface area contributed by atoms with E-state index in [0.717, 1.165) is 44.2 Å². The molecule has 0 bridgehead atoms. The molecular formula is C28H44N4O4. The van der Waals surface area contributed by atoms with Crippen LogP contribution in [-0.2, 0) is 14.4 Å². The van der Waals surface area contributed by atoms with Gasteiger partial charge in [-0.05, 0) is 49.7 Å². The summed E-state index contributed by atoms with van der Waals surface area (Å²) in [4.78, 5) is 39.9. The van der Waals surface area contributed by atoms with Gasteiger partial charge < -0.3 is 15.5 Å². The monoisotopic (exact) mass is 500 g/mol. The molecule has 0 aromatic heterocycles. The molecule has 8 nitrogen and oxygen atoms in total. The van der Waals surface area contributed by atoms with Gasteiger partial charge in [0.15, 0.2) is 0 Å². The summed E-state index contributed by atoms with van der Waals surface area (Å²) in [7, 11) is 0. The van der Waals surface area contributed by atoms with Crippen molar-refractivity contribution >= 4 is 23.9 Å². The van der Waals surface area contributed by atoms with E-state index in [4.69, 9.17) is 0 Å². The number of likely N-dealkylation sites (tertiary alicyclic amines) is 1. The number of piperidine rings is 1. The molecule has 0 unspecified atom stereocenters. The zero-order valence-corrected chi connectivity index (χ0v) is 22.3. The zero-order valence-electron chi connectivity index (χ0n) is 22.3. The van der Waals surface area contributed by atoms with Crippen LogP contribution in [0.5, 0.6) is 0 Å². The van der Waals surface area contributed by atoms with E-state index in [9.17, 15) is 19.6 Å². The Labute approximate surface area is 215 Å². The third-order valence-corrected chi connectivity index (χ3v) is 7.62. The van der Waals surface area contributed by atoms with Crippen LogP contribution in [0.4, 0.5) is 5.69 Å². The maximum Gasteiger partial charge on any atom is 0.245 e. The second-order valence-corrected chi connectivity index (χ2v) is 11.7. The van der Waals surface area contributed by atoms with Gasteiger partial charge in [-0.1, -0.05) is 64.2 Å². The number of hydroxylamine groups is 2. The molecule has 2 fully saturated rings.